The van der Waals surface area contributed by atoms with Gasteiger partial charge in [-0.05, 0) is 45.3 Å². The van der Waals surface area contributed by atoms with Crippen molar-refractivity contribution in [1.29, 1.82) is 0 Å². The highest BCUT2D eigenvalue weighted by molar-refractivity contribution is 5.43. The van der Waals surface area contributed by atoms with E-state index in [1.807, 2.05) is 19.1 Å². The van der Waals surface area contributed by atoms with Crippen LogP contribution in [0, 0.1) is 12.8 Å². The second-order valence-corrected chi connectivity index (χ2v) is 4.88. The Bertz CT molecular complexity index is 381. The lowest BCUT2D eigenvalue weighted by Gasteiger charge is -2.11. The number of hydrogen-bond donors (Lipinski definition) is 1. The van der Waals surface area contributed by atoms with Crippen molar-refractivity contribution in [3.05, 3.63) is 17.8 Å². The van der Waals surface area contributed by atoms with Crippen molar-refractivity contribution >= 4 is 5.69 Å². The molecule has 4 nitrogen and oxygen atoms in total. The fourth-order valence-corrected chi connectivity index (χ4v) is 2.22. The molecule has 1 aromatic rings. The zero-order valence-electron chi connectivity index (χ0n) is 10.6. The van der Waals surface area contributed by atoms with E-state index < -0.39 is 0 Å². The number of aromatic nitrogens is 1. The number of nitrogens with two attached hydrogens (primary N) is 1. The highest BCUT2D eigenvalue weighted by atomic mass is 16.5. The van der Waals surface area contributed by atoms with Gasteiger partial charge in [-0.1, -0.05) is 0 Å². The number of nitrogens with zero attached hydrogens (tertiary/aromatic N) is 2. The monoisotopic (exact) mass is 235 g/mol. The van der Waals surface area contributed by atoms with E-state index in [9.17, 15) is 0 Å². The summed E-state index contributed by atoms with van der Waals surface area (Å²) in [5.41, 5.74) is 7.26. The Morgan fingerprint density at radius 3 is 3.00 bits per heavy atom. The number of pyridine rings is 1. The SMILES string of the molecule is Cc1nc(OCCC2CCN(C)C2)ccc1N. The van der Waals surface area contributed by atoms with Crippen LogP contribution in [0.5, 0.6) is 5.88 Å². The average Bonchev–Trinajstić information content (AvgIpc) is 2.70. The van der Waals surface area contributed by atoms with Gasteiger partial charge < -0.3 is 15.4 Å². The minimum Gasteiger partial charge on any atom is -0.478 e. The fraction of sp³-hybridized carbons (Fsp3) is 0.615. The minimum atomic E-state index is 0.683. The van der Waals surface area contributed by atoms with Gasteiger partial charge in [-0.15, -0.1) is 0 Å². The maximum absolute atomic E-state index is 5.71. The molecule has 4 heteroatoms. The Kier molecular flexibility index (Phi) is 3.84. The molecule has 2 N–H and O–H groups in total. The molecular formula is C13H21N3O. The molecule has 1 aromatic heterocycles. The predicted octanol–water partition coefficient (Wildman–Crippen LogP) is 1.69. The number of aryl methyl sites for hydroxylation is 1. The lowest BCUT2D eigenvalue weighted by atomic mass is 10.1. The van der Waals surface area contributed by atoms with Crippen LogP contribution in [-0.4, -0.2) is 36.6 Å². The second kappa shape index (κ2) is 5.36. The molecule has 2 heterocycles. The molecule has 0 bridgehead atoms. The third-order valence-corrected chi connectivity index (χ3v) is 3.37. The molecule has 17 heavy (non-hydrogen) atoms. The maximum atomic E-state index is 5.71. The van der Waals surface area contributed by atoms with Crippen molar-refractivity contribution in [2.75, 3.05) is 32.5 Å². The van der Waals surface area contributed by atoms with E-state index in [1.54, 1.807) is 0 Å². The first-order valence-electron chi connectivity index (χ1n) is 6.19. The first kappa shape index (κ1) is 12.2. The van der Waals surface area contributed by atoms with Crippen LogP contribution in [0.1, 0.15) is 18.5 Å². The highest BCUT2D eigenvalue weighted by Crippen LogP contribution is 2.19. The van der Waals surface area contributed by atoms with Crippen LogP contribution in [0.2, 0.25) is 0 Å². The van der Waals surface area contributed by atoms with Gasteiger partial charge in [-0.25, -0.2) is 4.98 Å². The lowest BCUT2D eigenvalue weighted by molar-refractivity contribution is 0.267. The molecule has 94 valence electrons. The van der Waals surface area contributed by atoms with Crippen molar-refractivity contribution in [2.24, 2.45) is 5.92 Å². The van der Waals surface area contributed by atoms with E-state index in [4.69, 9.17) is 10.5 Å². The van der Waals surface area contributed by atoms with E-state index in [0.717, 1.165) is 30.3 Å². The van der Waals surface area contributed by atoms with E-state index in [0.29, 0.717) is 5.88 Å². The van der Waals surface area contributed by atoms with E-state index in [2.05, 4.69) is 16.9 Å². The summed E-state index contributed by atoms with van der Waals surface area (Å²) in [7, 11) is 2.17. The number of hydrogen-bond acceptors (Lipinski definition) is 4. The normalized spacial score (nSPS) is 20.7. The Morgan fingerprint density at radius 1 is 1.53 bits per heavy atom. The van der Waals surface area contributed by atoms with Gasteiger partial charge in [-0.3, -0.25) is 0 Å². The van der Waals surface area contributed by atoms with Crippen molar-refractivity contribution < 1.29 is 4.74 Å². The Morgan fingerprint density at radius 2 is 2.35 bits per heavy atom. The smallest absolute Gasteiger partial charge is 0.213 e. The van der Waals surface area contributed by atoms with Gasteiger partial charge in [-0.2, -0.15) is 0 Å². The third kappa shape index (κ3) is 3.33. The molecule has 1 saturated heterocycles. The van der Waals surface area contributed by atoms with Crippen molar-refractivity contribution in [3.8, 4) is 5.88 Å². The summed E-state index contributed by atoms with van der Waals surface area (Å²) in [5.74, 6) is 1.46. The van der Waals surface area contributed by atoms with Crippen LogP contribution >= 0.6 is 0 Å². The fourth-order valence-electron chi connectivity index (χ4n) is 2.22. The van der Waals surface area contributed by atoms with Crippen LogP contribution in [0.25, 0.3) is 0 Å². The second-order valence-electron chi connectivity index (χ2n) is 4.88. The third-order valence-electron chi connectivity index (χ3n) is 3.37. The maximum Gasteiger partial charge on any atom is 0.213 e. The van der Waals surface area contributed by atoms with Crippen LogP contribution in [-0.2, 0) is 0 Å². The largest absolute Gasteiger partial charge is 0.478 e. The molecule has 0 amide bonds. The molecule has 0 aromatic carbocycles. The summed E-state index contributed by atoms with van der Waals surface area (Å²) >= 11 is 0. The minimum absolute atomic E-state index is 0.683. The molecular weight excluding hydrogens is 214 g/mol. The van der Waals surface area contributed by atoms with Crippen LogP contribution in [0.4, 0.5) is 5.69 Å². The number of nitrogen functional groups attached to an aromatic ring is 1. The molecule has 0 aliphatic carbocycles. The average molecular weight is 235 g/mol. The molecule has 1 aliphatic rings. The molecule has 1 atom stereocenters. The van der Waals surface area contributed by atoms with E-state index in [-0.39, 0.29) is 0 Å². The molecule has 1 fully saturated rings. The van der Waals surface area contributed by atoms with Gasteiger partial charge in [0.05, 0.1) is 18.0 Å². The first-order chi connectivity index (χ1) is 8.15. The molecule has 0 spiro atoms. The summed E-state index contributed by atoms with van der Waals surface area (Å²) < 4.78 is 5.65. The van der Waals surface area contributed by atoms with E-state index >= 15 is 0 Å². The molecule has 0 radical (unpaired) electrons. The van der Waals surface area contributed by atoms with Gasteiger partial charge in [0.2, 0.25) is 5.88 Å². The summed E-state index contributed by atoms with van der Waals surface area (Å²) in [6.45, 7) is 5.05. The number of rotatable bonds is 4. The molecule has 1 unspecified atom stereocenters. The Labute approximate surface area is 103 Å². The van der Waals surface area contributed by atoms with Crippen molar-refractivity contribution in [3.63, 3.8) is 0 Å². The molecule has 2 rings (SSSR count). The predicted molar refractivity (Wildman–Crippen MR) is 69.1 cm³/mol. The number of likely N-dealkylation sites (tertiary alicyclic amines) is 1. The summed E-state index contributed by atoms with van der Waals surface area (Å²) in [6.07, 6.45) is 2.39. The highest BCUT2D eigenvalue weighted by Gasteiger charge is 2.18. The zero-order valence-corrected chi connectivity index (χ0v) is 10.6. The van der Waals surface area contributed by atoms with Gasteiger partial charge in [0, 0.05) is 12.6 Å². The summed E-state index contributed by atoms with van der Waals surface area (Å²) in [5, 5.41) is 0. The molecule has 0 saturated carbocycles. The Hall–Kier alpha value is -1.29. The zero-order chi connectivity index (χ0) is 12.3. The quantitative estimate of drug-likeness (QED) is 0.863. The first-order valence-corrected chi connectivity index (χ1v) is 6.19. The standard InChI is InChI=1S/C13H21N3O/c1-10-12(14)3-4-13(15-10)17-8-6-11-5-7-16(2)9-11/h3-4,11H,5-9,14H2,1-2H3. The Balaban J connectivity index is 1.76. The van der Waals surface area contributed by atoms with Gasteiger partial charge in [0.25, 0.3) is 0 Å². The van der Waals surface area contributed by atoms with Crippen LogP contribution in [0.15, 0.2) is 12.1 Å². The van der Waals surface area contributed by atoms with Gasteiger partial charge in [0.15, 0.2) is 0 Å². The van der Waals surface area contributed by atoms with Crippen LogP contribution in [0.3, 0.4) is 0 Å². The topological polar surface area (TPSA) is 51.4 Å². The summed E-state index contributed by atoms with van der Waals surface area (Å²) in [6, 6.07) is 3.68. The number of ether oxygens (including phenoxy) is 1. The van der Waals surface area contributed by atoms with E-state index in [1.165, 1.54) is 19.5 Å². The van der Waals surface area contributed by atoms with Crippen molar-refractivity contribution in [1.82, 2.24) is 9.88 Å². The summed E-state index contributed by atoms with van der Waals surface area (Å²) in [4.78, 5) is 6.67. The van der Waals surface area contributed by atoms with Gasteiger partial charge >= 0.3 is 0 Å². The number of anilines is 1. The van der Waals surface area contributed by atoms with Crippen molar-refractivity contribution in [2.45, 2.75) is 19.8 Å². The van der Waals surface area contributed by atoms with Crippen LogP contribution < -0.4 is 10.5 Å². The van der Waals surface area contributed by atoms with Gasteiger partial charge in [0.1, 0.15) is 0 Å². The lowest BCUT2D eigenvalue weighted by Crippen LogP contribution is -2.15. The molecule has 1 aliphatic heterocycles.